The molecule has 1 N–H and O–H groups in total. The number of nitro groups is 1. The molecule has 2 aromatic rings. The second kappa shape index (κ2) is 2.95. The first-order chi connectivity index (χ1) is 6.18. The van der Waals surface area contributed by atoms with Crippen molar-refractivity contribution in [3.63, 3.8) is 0 Å². The number of aromatic amines is 1. The Morgan fingerprint density at radius 3 is 3.08 bits per heavy atom. The van der Waals surface area contributed by atoms with Crippen molar-refractivity contribution in [3.05, 3.63) is 32.1 Å². The third kappa shape index (κ3) is 1.37. The van der Waals surface area contributed by atoms with Crippen LogP contribution in [0.25, 0.3) is 11.0 Å². The van der Waals surface area contributed by atoms with Crippen molar-refractivity contribution in [2.24, 2.45) is 0 Å². The monoisotopic (exact) mass is 289 g/mol. The van der Waals surface area contributed by atoms with Gasteiger partial charge in [-0.15, -0.1) is 0 Å². The van der Waals surface area contributed by atoms with Crippen molar-refractivity contribution in [3.8, 4) is 0 Å². The maximum Gasteiger partial charge on any atom is 0.281 e. The SMILES string of the molecule is O=[N+]([O-])c1ccnc2[nH]c(I)cc12. The van der Waals surface area contributed by atoms with Gasteiger partial charge in [0.2, 0.25) is 0 Å². The molecule has 0 atom stereocenters. The van der Waals surface area contributed by atoms with E-state index in [4.69, 9.17) is 0 Å². The van der Waals surface area contributed by atoms with Gasteiger partial charge in [0.15, 0.2) is 0 Å². The smallest absolute Gasteiger partial charge is 0.281 e. The van der Waals surface area contributed by atoms with Gasteiger partial charge in [0.25, 0.3) is 5.69 Å². The van der Waals surface area contributed by atoms with Crippen molar-refractivity contribution < 1.29 is 4.92 Å². The number of nitrogens with zero attached hydrogens (tertiary/aromatic N) is 2. The number of hydrogen-bond donors (Lipinski definition) is 1. The van der Waals surface area contributed by atoms with Crippen molar-refractivity contribution in [1.29, 1.82) is 0 Å². The maximum absolute atomic E-state index is 10.6. The molecule has 0 aliphatic rings. The Balaban J connectivity index is 2.82. The van der Waals surface area contributed by atoms with Gasteiger partial charge >= 0.3 is 0 Å². The van der Waals surface area contributed by atoms with E-state index in [2.05, 4.69) is 32.6 Å². The average Bonchev–Trinajstić information content (AvgIpc) is 2.43. The lowest BCUT2D eigenvalue weighted by Crippen LogP contribution is -1.88. The molecule has 2 rings (SSSR count). The van der Waals surface area contributed by atoms with Gasteiger partial charge in [-0.3, -0.25) is 10.1 Å². The molecule has 0 radical (unpaired) electrons. The van der Waals surface area contributed by atoms with Crippen LogP contribution in [0, 0.1) is 13.8 Å². The molecule has 0 spiro atoms. The van der Waals surface area contributed by atoms with Gasteiger partial charge < -0.3 is 4.98 Å². The van der Waals surface area contributed by atoms with Crippen LogP contribution >= 0.6 is 22.6 Å². The molecule has 0 aliphatic carbocycles. The summed E-state index contributed by atoms with van der Waals surface area (Å²) in [5.41, 5.74) is 0.641. The number of aromatic nitrogens is 2. The van der Waals surface area contributed by atoms with Crippen LogP contribution in [0.5, 0.6) is 0 Å². The normalized spacial score (nSPS) is 10.5. The summed E-state index contributed by atoms with van der Waals surface area (Å²) in [5.74, 6) is 0. The Bertz CT molecular complexity index is 480. The summed E-state index contributed by atoms with van der Waals surface area (Å²) in [4.78, 5) is 17.1. The fraction of sp³-hybridized carbons (Fsp3) is 0. The van der Waals surface area contributed by atoms with E-state index in [-0.39, 0.29) is 5.69 Å². The third-order valence-electron chi connectivity index (χ3n) is 1.67. The number of nitrogens with one attached hydrogen (secondary N) is 1. The third-order valence-corrected chi connectivity index (χ3v) is 2.25. The summed E-state index contributed by atoms with van der Waals surface area (Å²) in [6, 6.07) is 3.10. The molecule has 2 aromatic heterocycles. The second-order valence-electron chi connectivity index (χ2n) is 2.47. The van der Waals surface area contributed by atoms with Crippen LogP contribution in [0.2, 0.25) is 0 Å². The topological polar surface area (TPSA) is 71.8 Å². The van der Waals surface area contributed by atoms with Crippen LogP contribution in [0.15, 0.2) is 18.3 Å². The van der Waals surface area contributed by atoms with E-state index in [0.717, 1.165) is 3.70 Å². The van der Waals surface area contributed by atoms with E-state index in [9.17, 15) is 10.1 Å². The molecule has 0 aliphatic heterocycles. The Morgan fingerprint density at radius 2 is 2.38 bits per heavy atom. The van der Waals surface area contributed by atoms with Crippen molar-refractivity contribution in [2.45, 2.75) is 0 Å². The minimum Gasteiger partial charge on any atom is -0.334 e. The lowest BCUT2D eigenvalue weighted by atomic mass is 10.3. The summed E-state index contributed by atoms with van der Waals surface area (Å²) >= 11 is 2.05. The highest BCUT2D eigenvalue weighted by Gasteiger charge is 2.13. The largest absolute Gasteiger partial charge is 0.334 e. The predicted molar refractivity (Wildman–Crippen MR) is 55.5 cm³/mol. The van der Waals surface area contributed by atoms with E-state index in [1.165, 1.54) is 12.3 Å². The lowest BCUT2D eigenvalue weighted by Gasteiger charge is -1.90. The minimum absolute atomic E-state index is 0.0872. The second-order valence-corrected chi connectivity index (χ2v) is 3.63. The average molecular weight is 289 g/mol. The number of H-pyrrole nitrogens is 1. The quantitative estimate of drug-likeness (QED) is 0.496. The first-order valence-corrected chi connectivity index (χ1v) is 4.54. The molecule has 0 fully saturated rings. The number of rotatable bonds is 1. The van der Waals surface area contributed by atoms with Crippen LogP contribution in [-0.2, 0) is 0 Å². The van der Waals surface area contributed by atoms with Crippen LogP contribution < -0.4 is 0 Å². The van der Waals surface area contributed by atoms with Gasteiger partial charge in [0.1, 0.15) is 5.65 Å². The summed E-state index contributed by atoms with van der Waals surface area (Å²) < 4.78 is 0.842. The van der Waals surface area contributed by atoms with Crippen molar-refractivity contribution >= 4 is 39.3 Å². The Hall–Kier alpha value is -1.18. The van der Waals surface area contributed by atoms with E-state index < -0.39 is 4.92 Å². The summed E-state index contributed by atoms with van der Waals surface area (Å²) in [6.45, 7) is 0. The molecule has 0 unspecified atom stereocenters. The molecule has 6 heteroatoms. The van der Waals surface area contributed by atoms with Gasteiger partial charge in [-0.05, 0) is 28.7 Å². The fourth-order valence-corrected chi connectivity index (χ4v) is 1.71. The zero-order valence-electron chi connectivity index (χ0n) is 6.32. The number of fused-ring (bicyclic) bond motifs is 1. The van der Waals surface area contributed by atoms with Gasteiger partial charge in [0.05, 0.1) is 14.0 Å². The number of hydrogen-bond acceptors (Lipinski definition) is 3. The first kappa shape index (κ1) is 8.42. The van der Waals surface area contributed by atoms with E-state index in [1.807, 2.05) is 0 Å². The molecule has 5 nitrogen and oxygen atoms in total. The van der Waals surface area contributed by atoms with E-state index in [0.29, 0.717) is 11.0 Å². The highest BCUT2D eigenvalue weighted by molar-refractivity contribution is 14.1. The minimum atomic E-state index is -0.409. The molecular weight excluding hydrogens is 285 g/mol. The van der Waals surface area contributed by atoms with Crippen LogP contribution in [0.3, 0.4) is 0 Å². The molecular formula is C7H4IN3O2. The molecule has 2 heterocycles. The Labute approximate surface area is 86.5 Å². The van der Waals surface area contributed by atoms with Crippen LogP contribution in [-0.4, -0.2) is 14.9 Å². The highest BCUT2D eigenvalue weighted by Crippen LogP contribution is 2.24. The van der Waals surface area contributed by atoms with Gasteiger partial charge in [0, 0.05) is 12.3 Å². The molecule has 0 bridgehead atoms. The predicted octanol–water partition coefficient (Wildman–Crippen LogP) is 2.08. The highest BCUT2D eigenvalue weighted by atomic mass is 127. The molecule has 13 heavy (non-hydrogen) atoms. The zero-order valence-corrected chi connectivity index (χ0v) is 8.48. The Morgan fingerprint density at radius 1 is 1.62 bits per heavy atom. The van der Waals surface area contributed by atoms with Crippen LogP contribution in [0.4, 0.5) is 5.69 Å². The molecule has 0 aromatic carbocycles. The molecule has 0 saturated carbocycles. The van der Waals surface area contributed by atoms with Crippen molar-refractivity contribution in [1.82, 2.24) is 9.97 Å². The Kier molecular flexibility index (Phi) is 1.91. The van der Waals surface area contributed by atoms with Gasteiger partial charge in [-0.1, -0.05) is 0 Å². The zero-order chi connectivity index (χ0) is 9.42. The molecule has 66 valence electrons. The molecule has 0 saturated heterocycles. The fourth-order valence-electron chi connectivity index (χ4n) is 1.14. The maximum atomic E-state index is 10.6. The lowest BCUT2D eigenvalue weighted by molar-refractivity contribution is -0.383. The van der Waals surface area contributed by atoms with E-state index in [1.54, 1.807) is 6.07 Å². The van der Waals surface area contributed by atoms with E-state index >= 15 is 0 Å². The van der Waals surface area contributed by atoms with Crippen molar-refractivity contribution in [2.75, 3.05) is 0 Å². The summed E-state index contributed by atoms with van der Waals surface area (Å²) in [5, 5.41) is 11.1. The summed E-state index contributed by atoms with van der Waals surface area (Å²) in [7, 11) is 0. The van der Waals surface area contributed by atoms with Crippen LogP contribution in [0.1, 0.15) is 0 Å². The van der Waals surface area contributed by atoms with Gasteiger partial charge in [-0.25, -0.2) is 4.98 Å². The number of pyridine rings is 1. The summed E-state index contributed by atoms with van der Waals surface area (Å²) in [6.07, 6.45) is 1.42. The molecule has 0 amide bonds. The number of halogens is 1. The first-order valence-electron chi connectivity index (χ1n) is 3.46. The van der Waals surface area contributed by atoms with Gasteiger partial charge in [-0.2, -0.15) is 0 Å². The standard InChI is InChI=1S/C7H4IN3O2/c8-6-3-4-5(11(12)13)1-2-9-7(4)10-6/h1-3H,(H,9,10).